The van der Waals surface area contributed by atoms with E-state index >= 15 is 0 Å². The highest BCUT2D eigenvalue weighted by Gasteiger charge is 2.32. The molecular weight excluding hydrogens is 436 g/mol. The molecule has 26 heavy (non-hydrogen) atoms. The first-order valence-corrected chi connectivity index (χ1v) is 9.81. The highest BCUT2D eigenvalue weighted by Crippen LogP contribution is 2.39. The van der Waals surface area contributed by atoms with Gasteiger partial charge in [0, 0.05) is 22.4 Å². The lowest BCUT2D eigenvalue weighted by atomic mass is 10.1. The lowest BCUT2D eigenvalue weighted by Gasteiger charge is -2.14. The van der Waals surface area contributed by atoms with Gasteiger partial charge in [-0.2, -0.15) is 0 Å². The van der Waals surface area contributed by atoms with Crippen LogP contribution < -0.4 is 4.74 Å². The van der Waals surface area contributed by atoms with Crippen LogP contribution in [0, 0.1) is 0 Å². The summed E-state index contributed by atoms with van der Waals surface area (Å²) in [6, 6.07) is 7.12. The van der Waals surface area contributed by atoms with E-state index in [0.29, 0.717) is 33.7 Å². The van der Waals surface area contributed by atoms with Crippen LogP contribution in [0.15, 0.2) is 46.0 Å². The maximum Gasteiger partial charge on any atom is 0.266 e. The molecule has 0 unspecified atom stereocenters. The van der Waals surface area contributed by atoms with Crippen molar-refractivity contribution in [2.45, 2.75) is 13.5 Å². The van der Waals surface area contributed by atoms with E-state index in [-0.39, 0.29) is 11.7 Å². The SMILES string of the molecule is CCOc1cc(Br)cc(C=C2SC(=S)N(Cc3cccnc3)C2=O)c1O. The predicted octanol–water partition coefficient (Wildman–Crippen LogP) is 4.35. The molecule has 0 spiro atoms. The number of halogens is 1. The van der Waals surface area contributed by atoms with Crippen LogP contribution in [-0.2, 0) is 11.3 Å². The maximum absolute atomic E-state index is 12.7. The first-order valence-electron chi connectivity index (χ1n) is 7.79. The number of phenols is 1. The van der Waals surface area contributed by atoms with Crippen LogP contribution in [0.2, 0.25) is 0 Å². The number of pyridine rings is 1. The zero-order chi connectivity index (χ0) is 18.7. The number of amides is 1. The first-order chi connectivity index (χ1) is 12.5. The van der Waals surface area contributed by atoms with Crippen LogP contribution in [-0.4, -0.2) is 31.8 Å². The van der Waals surface area contributed by atoms with Crippen molar-refractivity contribution in [2.75, 3.05) is 6.61 Å². The summed E-state index contributed by atoms with van der Waals surface area (Å²) >= 11 is 9.95. The van der Waals surface area contributed by atoms with Crippen molar-refractivity contribution in [3.8, 4) is 11.5 Å². The molecule has 0 atom stereocenters. The maximum atomic E-state index is 12.7. The van der Waals surface area contributed by atoms with Gasteiger partial charge in [0.25, 0.3) is 5.91 Å². The van der Waals surface area contributed by atoms with E-state index in [1.54, 1.807) is 30.6 Å². The van der Waals surface area contributed by atoms with E-state index in [9.17, 15) is 9.90 Å². The minimum atomic E-state index is -0.193. The van der Waals surface area contributed by atoms with Gasteiger partial charge in [0.1, 0.15) is 4.32 Å². The molecule has 2 heterocycles. The largest absolute Gasteiger partial charge is 0.504 e. The highest BCUT2D eigenvalue weighted by molar-refractivity contribution is 9.10. The Morgan fingerprint density at radius 2 is 2.27 bits per heavy atom. The number of nitrogens with zero attached hydrogens (tertiary/aromatic N) is 2. The molecule has 1 amide bonds. The predicted molar refractivity (Wildman–Crippen MR) is 110 cm³/mol. The van der Waals surface area contributed by atoms with Crippen LogP contribution in [0.3, 0.4) is 0 Å². The second-order valence-corrected chi connectivity index (χ2v) is 8.00. The highest BCUT2D eigenvalue weighted by atomic mass is 79.9. The molecule has 5 nitrogen and oxygen atoms in total. The summed E-state index contributed by atoms with van der Waals surface area (Å²) in [4.78, 5) is 18.8. The van der Waals surface area contributed by atoms with Crippen molar-refractivity contribution in [1.82, 2.24) is 9.88 Å². The number of carbonyl (C=O) groups is 1. The Balaban J connectivity index is 1.88. The van der Waals surface area contributed by atoms with Crippen molar-refractivity contribution < 1.29 is 14.6 Å². The average molecular weight is 451 g/mol. The number of ether oxygens (including phenoxy) is 1. The summed E-state index contributed by atoms with van der Waals surface area (Å²) < 4.78 is 6.65. The first kappa shape index (κ1) is 18.9. The van der Waals surface area contributed by atoms with E-state index in [2.05, 4.69) is 20.9 Å². The number of aromatic hydroxyl groups is 1. The number of thiocarbonyl (C=S) groups is 1. The molecule has 1 aromatic carbocycles. The number of rotatable bonds is 5. The molecule has 0 saturated carbocycles. The molecule has 1 saturated heterocycles. The van der Waals surface area contributed by atoms with Crippen molar-refractivity contribution >= 4 is 56.2 Å². The third-order valence-corrected chi connectivity index (χ3v) is 5.43. The molecule has 0 bridgehead atoms. The summed E-state index contributed by atoms with van der Waals surface area (Å²) in [5.74, 6) is 0.160. The Morgan fingerprint density at radius 3 is 2.96 bits per heavy atom. The fraction of sp³-hybridized carbons (Fsp3) is 0.167. The van der Waals surface area contributed by atoms with Crippen molar-refractivity contribution in [2.24, 2.45) is 0 Å². The van der Waals surface area contributed by atoms with Crippen LogP contribution in [0.4, 0.5) is 0 Å². The smallest absolute Gasteiger partial charge is 0.266 e. The standard InChI is InChI=1S/C18H15BrN2O3S2/c1-2-24-14-8-13(19)6-12(16(14)22)7-15-17(23)21(18(25)26-15)10-11-4-3-5-20-9-11/h3-9,22H,2,10H2,1H3. The summed E-state index contributed by atoms with van der Waals surface area (Å²) in [6.07, 6.45) is 5.02. The lowest BCUT2D eigenvalue weighted by molar-refractivity contribution is -0.122. The third kappa shape index (κ3) is 4.08. The van der Waals surface area contributed by atoms with Gasteiger partial charge >= 0.3 is 0 Å². The number of phenolic OH excluding ortho intramolecular Hbond substituents is 1. The number of carbonyl (C=O) groups excluding carboxylic acids is 1. The Hall–Kier alpha value is -1.90. The van der Waals surface area contributed by atoms with E-state index in [4.69, 9.17) is 17.0 Å². The zero-order valence-electron chi connectivity index (χ0n) is 13.8. The van der Waals surface area contributed by atoms with Gasteiger partial charge in [-0.25, -0.2) is 0 Å². The van der Waals surface area contributed by atoms with Crippen LogP contribution >= 0.6 is 39.9 Å². The molecule has 1 aliphatic heterocycles. The Morgan fingerprint density at radius 1 is 1.46 bits per heavy atom. The average Bonchev–Trinajstić information content (AvgIpc) is 2.87. The number of hydrogen-bond acceptors (Lipinski definition) is 6. The summed E-state index contributed by atoms with van der Waals surface area (Å²) in [6.45, 7) is 2.63. The fourth-order valence-corrected chi connectivity index (χ4v) is 4.12. The molecular formula is C18H15BrN2O3S2. The minimum absolute atomic E-state index is 0.00687. The van der Waals surface area contributed by atoms with Crippen molar-refractivity contribution in [3.63, 3.8) is 0 Å². The molecule has 1 fully saturated rings. The number of thioether (sulfide) groups is 1. The topological polar surface area (TPSA) is 62.7 Å². The Kier molecular flexibility index (Phi) is 5.95. The van der Waals surface area contributed by atoms with E-state index in [1.807, 2.05) is 19.1 Å². The number of benzene rings is 1. The summed E-state index contributed by atoms with van der Waals surface area (Å²) in [5, 5.41) is 10.4. The lowest BCUT2D eigenvalue weighted by Crippen LogP contribution is -2.27. The summed E-state index contributed by atoms with van der Waals surface area (Å²) in [5.41, 5.74) is 1.39. The second-order valence-electron chi connectivity index (χ2n) is 5.40. The van der Waals surface area contributed by atoms with Gasteiger partial charge < -0.3 is 9.84 Å². The van der Waals surface area contributed by atoms with Crippen molar-refractivity contribution in [1.29, 1.82) is 0 Å². The Bertz CT molecular complexity index is 888. The summed E-state index contributed by atoms with van der Waals surface area (Å²) in [7, 11) is 0. The molecule has 3 rings (SSSR count). The molecule has 2 aromatic rings. The molecule has 134 valence electrons. The number of aromatic nitrogens is 1. The zero-order valence-corrected chi connectivity index (χ0v) is 17.0. The van der Waals surface area contributed by atoms with E-state index in [0.717, 1.165) is 10.0 Å². The van der Waals surface area contributed by atoms with E-state index in [1.165, 1.54) is 16.7 Å². The number of hydrogen-bond donors (Lipinski definition) is 1. The molecule has 0 radical (unpaired) electrons. The second kappa shape index (κ2) is 8.20. The van der Waals surface area contributed by atoms with Crippen LogP contribution in [0.5, 0.6) is 11.5 Å². The van der Waals surface area contributed by atoms with Gasteiger partial charge in [0.05, 0.1) is 18.1 Å². The fourth-order valence-electron chi connectivity index (χ4n) is 2.42. The molecule has 0 aliphatic carbocycles. The third-order valence-electron chi connectivity index (χ3n) is 3.59. The van der Waals surface area contributed by atoms with Gasteiger partial charge in [-0.15, -0.1) is 0 Å². The quantitative estimate of drug-likeness (QED) is 0.539. The molecule has 1 aliphatic rings. The molecule has 1 aromatic heterocycles. The van der Waals surface area contributed by atoms with Gasteiger partial charge in [-0.05, 0) is 36.8 Å². The molecule has 8 heteroatoms. The monoisotopic (exact) mass is 450 g/mol. The van der Waals surface area contributed by atoms with Gasteiger partial charge in [0.15, 0.2) is 11.5 Å². The van der Waals surface area contributed by atoms with Crippen LogP contribution in [0.1, 0.15) is 18.1 Å². The Labute approximate surface area is 169 Å². The normalized spacial score (nSPS) is 15.8. The molecule has 1 N–H and O–H groups in total. The van der Waals surface area contributed by atoms with Crippen molar-refractivity contribution in [3.05, 3.63) is 57.2 Å². The van der Waals surface area contributed by atoms with Gasteiger partial charge in [0.2, 0.25) is 0 Å². The van der Waals surface area contributed by atoms with Gasteiger partial charge in [-0.3, -0.25) is 14.7 Å². The van der Waals surface area contributed by atoms with E-state index < -0.39 is 0 Å². The van der Waals surface area contributed by atoms with Gasteiger partial charge in [-0.1, -0.05) is 46.0 Å². The minimum Gasteiger partial charge on any atom is -0.504 e. The van der Waals surface area contributed by atoms with Crippen LogP contribution in [0.25, 0.3) is 6.08 Å².